The van der Waals surface area contributed by atoms with E-state index < -0.39 is 0 Å². The molecule has 0 radical (unpaired) electrons. The van der Waals surface area contributed by atoms with Crippen molar-refractivity contribution in [1.29, 1.82) is 0 Å². The van der Waals surface area contributed by atoms with Gasteiger partial charge in [0.2, 0.25) is 5.91 Å². The van der Waals surface area contributed by atoms with Gasteiger partial charge in [-0.05, 0) is 63.5 Å². The van der Waals surface area contributed by atoms with Crippen LogP contribution in [0, 0.1) is 5.92 Å². The number of benzene rings is 1. The summed E-state index contributed by atoms with van der Waals surface area (Å²) in [6, 6.07) is 7.10. The van der Waals surface area contributed by atoms with Gasteiger partial charge in [0.15, 0.2) is 5.78 Å². The molecule has 1 unspecified atom stereocenters. The number of Topliss-reactive ketones (excluding diaryl/α,β-unsaturated/α-hetero) is 1. The normalized spacial score (nSPS) is 16.6. The number of hydrogen-bond acceptors (Lipinski definition) is 4. The molecule has 2 rings (SSSR count). The Bertz CT molecular complexity index is 534. The van der Waals surface area contributed by atoms with Crippen LogP contribution in [0.4, 0.5) is 0 Å². The van der Waals surface area contributed by atoms with Crippen LogP contribution in [0.5, 0.6) is 5.75 Å². The standard InChI is InChI=1S/C18H26N2O3.ClH/c1-14(21)16-5-7-17(8-6-16)23-11-3-4-18(22)20-10-9-15(13-20)12-19-2;/h5-8,15,19H,3-4,9-13H2,1-2H3;1H. The highest BCUT2D eigenvalue weighted by Gasteiger charge is 2.25. The quantitative estimate of drug-likeness (QED) is 0.575. The molecule has 1 saturated heterocycles. The monoisotopic (exact) mass is 354 g/mol. The predicted octanol–water partition coefficient (Wildman–Crippen LogP) is 2.54. The molecule has 1 aliphatic heterocycles. The van der Waals surface area contributed by atoms with Gasteiger partial charge >= 0.3 is 0 Å². The Labute approximate surface area is 150 Å². The van der Waals surface area contributed by atoms with Crippen LogP contribution < -0.4 is 10.1 Å². The van der Waals surface area contributed by atoms with Gasteiger partial charge in [-0.2, -0.15) is 0 Å². The average Bonchev–Trinajstić information content (AvgIpc) is 3.01. The average molecular weight is 355 g/mol. The number of halogens is 1. The maximum absolute atomic E-state index is 12.1. The highest BCUT2D eigenvalue weighted by atomic mass is 35.5. The minimum absolute atomic E-state index is 0. The fraction of sp³-hybridized carbons (Fsp3) is 0.556. The molecule has 6 heteroatoms. The molecular formula is C18H27ClN2O3. The fourth-order valence-corrected chi connectivity index (χ4v) is 2.87. The third-order valence-electron chi connectivity index (χ3n) is 4.20. The molecule has 1 amide bonds. The van der Waals surface area contributed by atoms with E-state index in [1.807, 2.05) is 11.9 Å². The zero-order chi connectivity index (χ0) is 16.7. The van der Waals surface area contributed by atoms with Crippen LogP contribution in [0.15, 0.2) is 24.3 Å². The van der Waals surface area contributed by atoms with E-state index in [2.05, 4.69) is 5.32 Å². The van der Waals surface area contributed by atoms with Crippen LogP contribution in [-0.2, 0) is 4.79 Å². The first kappa shape index (κ1) is 20.5. The minimum atomic E-state index is 0. The maximum atomic E-state index is 12.1. The van der Waals surface area contributed by atoms with Gasteiger partial charge in [-0.15, -0.1) is 12.4 Å². The number of hydrogen-bond donors (Lipinski definition) is 1. The minimum Gasteiger partial charge on any atom is -0.494 e. The zero-order valence-electron chi connectivity index (χ0n) is 14.4. The molecule has 1 aromatic rings. The van der Waals surface area contributed by atoms with E-state index in [0.717, 1.165) is 31.8 Å². The van der Waals surface area contributed by atoms with E-state index in [9.17, 15) is 9.59 Å². The molecule has 0 aromatic heterocycles. The summed E-state index contributed by atoms with van der Waals surface area (Å²) in [6.45, 7) is 4.77. The smallest absolute Gasteiger partial charge is 0.222 e. The first-order valence-corrected chi connectivity index (χ1v) is 8.26. The largest absolute Gasteiger partial charge is 0.494 e. The third kappa shape index (κ3) is 6.13. The summed E-state index contributed by atoms with van der Waals surface area (Å²) in [7, 11) is 1.95. The molecule has 0 saturated carbocycles. The number of likely N-dealkylation sites (tertiary alicyclic amines) is 1. The Morgan fingerprint density at radius 3 is 2.62 bits per heavy atom. The third-order valence-corrected chi connectivity index (χ3v) is 4.20. The van der Waals surface area contributed by atoms with Gasteiger partial charge in [-0.1, -0.05) is 0 Å². The molecule has 1 atom stereocenters. The predicted molar refractivity (Wildman–Crippen MR) is 97.0 cm³/mol. The molecular weight excluding hydrogens is 328 g/mol. The molecule has 0 bridgehead atoms. The van der Waals surface area contributed by atoms with Crippen molar-refractivity contribution in [3.63, 3.8) is 0 Å². The first-order chi connectivity index (χ1) is 11.1. The van der Waals surface area contributed by atoms with Gasteiger partial charge in [-0.25, -0.2) is 0 Å². The van der Waals surface area contributed by atoms with Crippen molar-refractivity contribution >= 4 is 24.1 Å². The number of amides is 1. The molecule has 0 spiro atoms. The van der Waals surface area contributed by atoms with Gasteiger partial charge in [0, 0.05) is 25.1 Å². The second-order valence-electron chi connectivity index (χ2n) is 6.08. The van der Waals surface area contributed by atoms with Crippen molar-refractivity contribution in [2.24, 2.45) is 5.92 Å². The summed E-state index contributed by atoms with van der Waals surface area (Å²) < 4.78 is 5.62. The van der Waals surface area contributed by atoms with E-state index in [0.29, 0.717) is 30.9 Å². The summed E-state index contributed by atoms with van der Waals surface area (Å²) in [6.07, 6.45) is 2.32. The topological polar surface area (TPSA) is 58.6 Å². The number of rotatable bonds is 8. The van der Waals surface area contributed by atoms with E-state index in [4.69, 9.17) is 4.74 Å². The van der Waals surface area contributed by atoms with Crippen LogP contribution in [-0.4, -0.2) is 49.9 Å². The van der Waals surface area contributed by atoms with E-state index in [1.165, 1.54) is 0 Å². The number of ether oxygens (including phenoxy) is 1. The highest BCUT2D eigenvalue weighted by molar-refractivity contribution is 5.94. The summed E-state index contributed by atoms with van der Waals surface area (Å²) in [5.74, 6) is 1.58. The van der Waals surface area contributed by atoms with Crippen LogP contribution in [0.2, 0.25) is 0 Å². The van der Waals surface area contributed by atoms with Crippen LogP contribution >= 0.6 is 12.4 Å². The summed E-state index contributed by atoms with van der Waals surface area (Å²) >= 11 is 0. The first-order valence-electron chi connectivity index (χ1n) is 8.26. The summed E-state index contributed by atoms with van der Waals surface area (Å²) in [5.41, 5.74) is 0.678. The van der Waals surface area contributed by atoms with Crippen molar-refractivity contribution < 1.29 is 14.3 Å². The second-order valence-corrected chi connectivity index (χ2v) is 6.08. The van der Waals surface area contributed by atoms with Gasteiger partial charge in [0.25, 0.3) is 0 Å². The van der Waals surface area contributed by atoms with Gasteiger partial charge in [0.1, 0.15) is 5.75 Å². The molecule has 0 aliphatic carbocycles. The van der Waals surface area contributed by atoms with Crippen molar-refractivity contribution in [3.8, 4) is 5.75 Å². The lowest BCUT2D eigenvalue weighted by molar-refractivity contribution is -0.130. The van der Waals surface area contributed by atoms with Crippen LogP contribution in [0.25, 0.3) is 0 Å². The van der Waals surface area contributed by atoms with Gasteiger partial charge < -0.3 is 15.0 Å². The summed E-state index contributed by atoms with van der Waals surface area (Å²) in [4.78, 5) is 25.3. The van der Waals surface area contributed by atoms with Crippen LogP contribution in [0.1, 0.15) is 36.5 Å². The van der Waals surface area contributed by atoms with Gasteiger partial charge in [-0.3, -0.25) is 9.59 Å². The Kier molecular flexibility index (Phi) is 8.79. The van der Waals surface area contributed by atoms with Crippen molar-refractivity contribution in [3.05, 3.63) is 29.8 Å². The lowest BCUT2D eigenvalue weighted by atomic mass is 10.1. The molecule has 24 heavy (non-hydrogen) atoms. The van der Waals surface area contributed by atoms with E-state index in [1.54, 1.807) is 31.2 Å². The Morgan fingerprint density at radius 1 is 1.29 bits per heavy atom. The van der Waals surface area contributed by atoms with Gasteiger partial charge in [0.05, 0.1) is 6.61 Å². The number of nitrogens with one attached hydrogen (secondary N) is 1. The summed E-state index contributed by atoms with van der Waals surface area (Å²) in [5, 5.41) is 3.17. The van der Waals surface area contributed by atoms with E-state index in [-0.39, 0.29) is 24.1 Å². The van der Waals surface area contributed by atoms with Crippen molar-refractivity contribution in [1.82, 2.24) is 10.2 Å². The number of carbonyl (C=O) groups excluding carboxylic acids is 2. The molecule has 1 N–H and O–H groups in total. The molecule has 1 aliphatic rings. The Balaban J connectivity index is 0.00000288. The molecule has 1 aromatic carbocycles. The lowest BCUT2D eigenvalue weighted by Crippen LogP contribution is -2.30. The van der Waals surface area contributed by atoms with Crippen LogP contribution in [0.3, 0.4) is 0 Å². The highest BCUT2D eigenvalue weighted by Crippen LogP contribution is 2.17. The number of ketones is 1. The second kappa shape index (κ2) is 10.3. The van der Waals surface area contributed by atoms with Crippen molar-refractivity contribution in [2.45, 2.75) is 26.2 Å². The molecule has 1 fully saturated rings. The number of carbonyl (C=O) groups is 2. The number of nitrogens with zero attached hydrogens (tertiary/aromatic N) is 1. The van der Waals surface area contributed by atoms with E-state index >= 15 is 0 Å². The lowest BCUT2D eigenvalue weighted by Gasteiger charge is -2.16. The van der Waals surface area contributed by atoms with Crippen molar-refractivity contribution in [2.75, 3.05) is 33.3 Å². The molecule has 1 heterocycles. The SMILES string of the molecule is CNCC1CCN(C(=O)CCCOc2ccc(C(C)=O)cc2)C1.Cl. The molecule has 5 nitrogen and oxygen atoms in total. The molecule has 134 valence electrons. The Morgan fingerprint density at radius 2 is 2.00 bits per heavy atom. The maximum Gasteiger partial charge on any atom is 0.222 e. The Hall–Kier alpha value is -1.59. The zero-order valence-corrected chi connectivity index (χ0v) is 15.2. The fourth-order valence-electron chi connectivity index (χ4n) is 2.87.